The number of nitrogens with zero attached hydrogens (tertiary/aromatic N) is 3. The minimum Gasteiger partial charge on any atom is -0.342 e. The fourth-order valence-electron chi connectivity index (χ4n) is 4.25. The summed E-state index contributed by atoms with van der Waals surface area (Å²) < 4.78 is 0. The van der Waals surface area contributed by atoms with E-state index in [1.54, 1.807) is 0 Å². The summed E-state index contributed by atoms with van der Waals surface area (Å²) in [7, 11) is 1.93. The lowest BCUT2D eigenvalue weighted by atomic mass is 9.94. The maximum atomic E-state index is 13.1. The molecule has 0 atom stereocenters. The zero-order chi connectivity index (χ0) is 21.3. The first-order valence-corrected chi connectivity index (χ1v) is 12.0. The van der Waals surface area contributed by atoms with E-state index < -0.39 is 0 Å². The molecule has 2 fully saturated rings. The summed E-state index contributed by atoms with van der Waals surface area (Å²) in [5.74, 6) is 3.26. The Morgan fingerprint density at radius 1 is 1.13 bits per heavy atom. The molecule has 1 saturated heterocycles. The molecule has 1 heterocycles. The van der Waals surface area contributed by atoms with Crippen LogP contribution in [0.3, 0.4) is 0 Å². The van der Waals surface area contributed by atoms with Gasteiger partial charge in [0.2, 0.25) is 5.91 Å². The topological polar surface area (TPSA) is 43.9 Å². The van der Waals surface area contributed by atoms with Gasteiger partial charge in [0, 0.05) is 57.1 Å². The van der Waals surface area contributed by atoms with Gasteiger partial charge in [-0.25, -0.2) is 0 Å². The molecule has 5 nitrogen and oxygen atoms in total. The Morgan fingerprint density at radius 3 is 2.53 bits per heavy atom. The predicted octanol–water partition coefficient (Wildman–Crippen LogP) is 3.35. The minimum atomic E-state index is 0.0581. The van der Waals surface area contributed by atoms with Crippen LogP contribution in [0, 0.1) is 12.3 Å². The monoisotopic (exact) mass is 427 g/mol. The van der Waals surface area contributed by atoms with Crippen LogP contribution in [0.1, 0.15) is 48.9 Å². The molecule has 0 aromatic heterocycles. The third kappa shape index (κ3) is 6.02. The summed E-state index contributed by atoms with van der Waals surface area (Å²) in [6, 6.07) is 8.04. The van der Waals surface area contributed by atoms with Crippen molar-refractivity contribution in [2.75, 3.05) is 45.5 Å². The molecule has 2 amide bonds. The van der Waals surface area contributed by atoms with Crippen molar-refractivity contribution in [3.8, 4) is 12.3 Å². The number of terminal acetylenes is 1. The van der Waals surface area contributed by atoms with Gasteiger partial charge < -0.3 is 9.80 Å². The molecule has 1 saturated carbocycles. The third-order valence-corrected chi connectivity index (χ3v) is 7.27. The highest BCUT2D eigenvalue weighted by Gasteiger charge is 2.25. The lowest BCUT2D eigenvalue weighted by Gasteiger charge is -2.34. The van der Waals surface area contributed by atoms with Crippen LogP contribution in [0.2, 0.25) is 0 Å². The first-order chi connectivity index (χ1) is 14.6. The lowest BCUT2D eigenvalue weighted by Crippen LogP contribution is -2.48. The average molecular weight is 428 g/mol. The summed E-state index contributed by atoms with van der Waals surface area (Å²) in [6.45, 7) is 4.03. The third-order valence-electron chi connectivity index (χ3n) is 6.22. The van der Waals surface area contributed by atoms with Crippen LogP contribution in [-0.2, 0) is 4.79 Å². The minimum absolute atomic E-state index is 0.0581. The van der Waals surface area contributed by atoms with E-state index in [9.17, 15) is 9.59 Å². The molecule has 1 aliphatic carbocycles. The number of piperazine rings is 1. The van der Waals surface area contributed by atoms with Crippen molar-refractivity contribution < 1.29 is 9.59 Å². The average Bonchev–Trinajstić information content (AvgIpc) is 2.81. The van der Waals surface area contributed by atoms with E-state index in [0.29, 0.717) is 30.4 Å². The summed E-state index contributed by atoms with van der Waals surface area (Å²) in [5, 5.41) is 0. The van der Waals surface area contributed by atoms with Crippen molar-refractivity contribution >= 4 is 23.6 Å². The Bertz CT molecular complexity index is 762. The molecular weight excluding hydrogens is 394 g/mol. The van der Waals surface area contributed by atoms with Gasteiger partial charge in [-0.05, 0) is 25.0 Å². The second-order valence-electron chi connectivity index (χ2n) is 8.17. The molecule has 3 rings (SSSR count). The Balaban J connectivity index is 1.56. The molecule has 1 aromatic carbocycles. The fraction of sp³-hybridized carbons (Fsp3) is 0.583. The lowest BCUT2D eigenvalue weighted by molar-refractivity contribution is -0.129. The van der Waals surface area contributed by atoms with Crippen LogP contribution < -0.4 is 0 Å². The largest absolute Gasteiger partial charge is 0.342 e. The van der Waals surface area contributed by atoms with Crippen molar-refractivity contribution in [1.82, 2.24) is 14.7 Å². The van der Waals surface area contributed by atoms with E-state index in [0.717, 1.165) is 43.8 Å². The second kappa shape index (κ2) is 11.4. The van der Waals surface area contributed by atoms with E-state index in [1.165, 1.54) is 31.0 Å². The predicted molar refractivity (Wildman–Crippen MR) is 123 cm³/mol. The Kier molecular flexibility index (Phi) is 8.65. The standard InChI is InChI=1S/C24H33N3O2S/c1-3-4-14-26-15-17-27(18-16-26)24(29)21-12-8-9-13-22(21)30-19-23(28)25(2)20-10-6-5-7-11-20/h1,8-9,12-13,20H,4-7,10-11,14-19H2,2H3. The molecule has 162 valence electrons. The fourth-order valence-corrected chi connectivity index (χ4v) is 5.22. The number of benzene rings is 1. The van der Waals surface area contributed by atoms with Gasteiger partial charge in [-0.2, -0.15) is 0 Å². The smallest absolute Gasteiger partial charge is 0.255 e. The van der Waals surface area contributed by atoms with Gasteiger partial charge in [-0.15, -0.1) is 24.1 Å². The SMILES string of the molecule is C#CCCN1CCN(C(=O)c2ccccc2SCC(=O)N(C)C2CCCCC2)CC1. The Hall–Kier alpha value is -1.97. The number of hydrogen-bond acceptors (Lipinski definition) is 4. The molecule has 0 radical (unpaired) electrons. The van der Waals surface area contributed by atoms with Gasteiger partial charge in [0.25, 0.3) is 5.91 Å². The molecule has 0 spiro atoms. The Morgan fingerprint density at radius 2 is 1.83 bits per heavy atom. The summed E-state index contributed by atoms with van der Waals surface area (Å²) in [4.78, 5) is 32.9. The van der Waals surface area contributed by atoms with Crippen LogP contribution >= 0.6 is 11.8 Å². The van der Waals surface area contributed by atoms with Crippen molar-refractivity contribution in [2.24, 2.45) is 0 Å². The molecule has 0 unspecified atom stereocenters. The summed E-state index contributed by atoms with van der Waals surface area (Å²) >= 11 is 1.48. The first kappa shape index (κ1) is 22.7. The first-order valence-electron chi connectivity index (χ1n) is 11.0. The molecular formula is C24H33N3O2S. The number of rotatable bonds is 7. The van der Waals surface area contributed by atoms with Crippen LogP contribution in [0.25, 0.3) is 0 Å². The van der Waals surface area contributed by atoms with Crippen molar-refractivity contribution in [3.63, 3.8) is 0 Å². The number of carbonyl (C=O) groups is 2. The number of hydrogen-bond donors (Lipinski definition) is 0. The van der Waals surface area contributed by atoms with Crippen LogP contribution in [0.4, 0.5) is 0 Å². The maximum absolute atomic E-state index is 13.1. The molecule has 0 bridgehead atoms. The van der Waals surface area contributed by atoms with Crippen molar-refractivity contribution in [2.45, 2.75) is 49.5 Å². The van der Waals surface area contributed by atoms with Gasteiger partial charge >= 0.3 is 0 Å². The molecule has 30 heavy (non-hydrogen) atoms. The molecule has 1 aromatic rings. The highest BCUT2D eigenvalue weighted by atomic mass is 32.2. The zero-order valence-corrected chi connectivity index (χ0v) is 18.8. The second-order valence-corrected chi connectivity index (χ2v) is 9.19. The summed E-state index contributed by atoms with van der Waals surface area (Å²) in [5.41, 5.74) is 0.702. The zero-order valence-electron chi connectivity index (χ0n) is 18.0. The van der Waals surface area contributed by atoms with Crippen LogP contribution in [-0.4, -0.2) is 78.1 Å². The number of carbonyl (C=O) groups excluding carboxylic acids is 2. The Labute approximate surface area is 185 Å². The highest BCUT2D eigenvalue weighted by Crippen LogP contribution is 2.26. The van der Waals surface area contributed by atoms with Gasteiger partial charge in [0.15, 0.2) is 0 Å². The normalized spacial score (nSPS) is 18.1. The van der Waals surface area contributed by atoms with Gasteiger partial charge in [-0.1, -0.05) is 31.4 Å². The quantitative estimate of drug-likeness (QED) is 0.494. The number of thioether (sulfide) groups is 1. The van der Waals surface area contributed by atoms with E-state index in [-0.39, 0.29) is 11.8 Å². The van der Waals surface area contributed by atoms with Gasteiger partial charge in [0.05, 0.1) is 11.3 Å². The van der Waals surface area contributed by atoms with Gasteiger partial charge in [-0.3, -0.25) is 14.5 Å². The van der Waals surface area contributed by atoms with Crippen molar-refractivity contribution in [1.29, 1.82) is 0 Å². The van der Waals surface area contributed by atoms with E-state index in [4.69, 9.17) is 6.42 Å². The molecule has 1 aliphatic heterocycles. The molecule has 6 heteroatoms. The molecule has 2 aliphatic rings. The van der Waals surface area contributed by atoms with Gasteiger partial charge in [0.1, 0.15) is 0 Å². The van der Waals surface area contributed by atoms with Crippen LogP contribution in [0.5, 0.6) is 0 Å². The molecule has 0 N–H and O–H groups in total. The van der Waals surface area contributed by atoms with E-state index in [1.807, 2.05) is 41.1 Å². The number of amides is 2. The van der Waals surface area contributed by atoms with Crippen molar-refractivity contribution in [3.05, 3.63) is 29.8 Å². The highest BCUT2D eigenvalue weighted by molar-refractivity contribution is 8.00. The van der Waals surface area contributed by atoms with Crippen LogP contribution in [0.15, 0.2) is 29.2 Å². The maximum Gasteiger partial charge on any atom is 0.255 e. The summed E-state index contributed by atoms with van der Waals surface area (Å²) in [6.07, 6.45) is 12.0. The van der Waals surface area contributed by atoms with E-state index in [2.05, 4.69) is 10.8 Å². The van der Waals surface area contributed by atoms with E-state index >= 15 is 0 Å².